The Morgan fingerprint density at radius 2 is 1.75 bits per heavy atom. The molecule has 0 saturated carbocycles. The number of hydrogen-bond acceptors (Lipinski definition) is 3. The van der Waals surface area contributed by atoms with Gasteiger partial charge in [-0.05, 0) is 32.6 Å². The van der Waals surface area contributed by atoms with E-state index in [-0.39, 0.29) is 27.6 Å². The Balaban J connectivity index is 2.91. The molecular weight excluding hydrogens is 252 g/mol. The van der Waals surface area contributed by atoms with E-state index in [0.717, 1.165) is 12.0 Å². The molecule has 0 radical (unpaired) electrons. The van der Waals surface area contributed by atoms with E-state index in [2.05, 4.69) is 39.9 Å². The summed E-state index contributed by atoms with van der Waals surface area (Å²) in [5.41, 5.74) is 1.04. The van der Waals surface area contributed by atoms with Gasteiger partial charge >= 0.3 is 0 Å². The summed E-state index contributed by atoms with van der Waals surface area (Å²) in [4.78, 5) is 10.8. The third-order valence-electron chi connectivity index (χ3n) is 3.18. The molecule has 1 N–H and O–H groups in total. The van der Waals surface area contributed by atoms with Gasteiger partial charge in [0.05, 0.1) is 4.92 Å². The van der Waals surface area contributed by atoms with Crippen LogP contribution in [0.15, 0.2) is 24.3 Å². The molecule has 1 unspecified atom stereocenters. The summed E-state index contributed by atoms with van der Waals surface area (Å²) in [6.45, 7) is 12.9. The Labute approximate surface area is 121 Å². The molecule has 0 fully saturated rings. The fourth-order valence-electron chi connectivity index (χ4n) is 3.06. The average molecular weight is 278 g/mol. The number of hydrogen-bond donors (Lipinski definition) is 1. The summed E-state index contributed by atoms with van der Waals surface area (Å²) in [6.07, 6.45) is 0.991. The lowest BCUT2D eigenvalue weighted by atomic mass is 9.81. The van der Waals surface area contributed by atoms with Crippen LogP contribution in [0, 0.1) is 15.5 Å². The number of rotatable bonds is 5. The molecule has 0 spiro atoms. The molecule has 4 heteroatoms. The van der Waals surface area contributed by atoms with Crippen LogP contribution in [0.4, 0.5) is 5.69 Å². The third kappa shape index (κ3) is 4.93. The van der Waals surface area contributed by atoms with Crippen molar-refractivity contribution in [2.45, 2.75) is 59.5 Å². The second-order valence-electron chi connectivity index (χ2n) is 7.30. The van der Waals surface area contributed by atoms with Crippen molar-refractivity contribution < 1.29 is 4.92 Å². The van der Waals surface area contributed by atoms with Gasteiger partial charge in [0.2, 0.25) is 0 Å². The molecule has 0 aliphatic carbocycles. The molecule has 112 valence electrons. The van der Waals surface area contributed by atoms with Crippen molar-refractivity contribution in [3.63, 3.8) is 0 Å². The zero-order valence-electron chi connectivity index (χ0n) is 13.4. The van der Waals surface area contributed by atoms with E-state index >= 15 is 0 Å². The number of para-hydroxylation sites is 1. The monoisotopic (exact) mass is 278 g/mol. The van der Waals surface area contributed by atoms with Gasteiger partial charge in [-0.15, -0.1) is 0 Å². The van der Waals surface area contributed by atoms with Crippen LogP contribution in [0.25, 0.3) is 0 Å². The fourth-order valence-corrected chi connectivity index (χ4v) is 3.06. The van der Waals surface area contributed by atoms with Crippen molar-refractivity contribution in [1.29, 1.82) is 0 Å². The van der Waals surface area contributed by atoms with Crippen LogP contribution in [0.5, 0.6) is 0 Å². The minimum absolute atomic E-state index is 0.0612. The first kappa shape index (κ1) is 16.6. The standard InChI is InChI=1S/C16H26N2O2/c1-12(17-16(5,6)11-15(2,3)4)13-9-7-8-10-14(13)18(19)20/h7-10,12,17H,11H2,1-6H3. The summed E-state index contributed by atoms with van der Waals surface area (Å²) < 4.78 is 0. The van der Waals surface area contributed by atoms with Gasteiger partial charge < -0.3 is 5.32 Å². The zero-order chi connectivity index (χ0) is 15.6. The SMILES string of the molecule is CC(NC(C)(C)CC(C)(C)C)c1ccccc1[N+](=O)[O-]. The van der Waals surface area contributed by atoms with Crippen LogP contribution in [0.2, 0.25) is 0 Å². The highest BCUT2D eigenvalue weighted by Crippen LogP contribution is 2.31. The van der Waals surface area contributed by atoms with Crippen LogP contribution in [-0.4, -0.2) is 10.5 Å². The molecular formula is C16H26N2O2. The number of nitrogens with zero attached hydrogens (tertiary/aromatic N) is 1. The van der Waals surface area contributed by atoms with Gasteiger partial charge in [0.1, 0.15) is 0 Å². The number of nitro benzene ring substituents is 1. The summed E-state index contributed by atoms with van der Waals surface area (Å²) in [7, 11) is 0. The van der Waals surface area contributed by atoms with Gasteiger partial charge in [-0.1, -0.05) is 39.0 Å². The van der Waals surface area contributed by atoms with Gasteiger partial charge in [-0.3, -0.25) is 10.1 Å². The van der Waals surface area contributed by atoms with Gasteiger partial charge in [0.15, 0.2) is 0 Å². The zero-order valence-corrected chi connectivity index (χ0v) is 13.4. The second-order valence-corrected chi connectivity index (χ2v) is 7.30. The van der Waals surface area contributed by atoms with Crippen molar-refractivity contribution in [2.24, 2.45) is 5.41 Å². The number of nitro groups is 1. The first-order valence-corrected chi connectivity index (χ1v) is 7.03. The molecule has 0 aliphatic rings. The van der Waals surface area contributed by atoms with Crippen LogP contribution in [-0.2, 0) is 0 Å². The summed E-state index contributed by atoms with van der Waals surface area (Å²) in [6, 6.07) is 6.87. The summed E-state index contributed by atoms with van der Waals surface area (Å²) in [5.74, 6) is 0. The van der Waals surface area contributed by atoms with Crippen molar-refractivity contribution in [2.75, 3.05) is 0 Å². The largest absolute Gasteiger partial charge is 0.305 e. The van der Waals surface area contributed by atoms with Crippen molar-refractivity contribution in [1.82, 2.24) is 5.32 Å². The topological polar surface area (TPSA) is 55.2 Å². The van der Waals surface area contributed by atoms with Gasteiger partial charge in [-0.2, -0.15) is 0 Å². The summed E-state index contributed by atoms with van der Waals surface area (Å²) >= 11 is 0. The van der Waals surface area contributed by atoms with E-state index in [9.17, 15) is 10.1 Å². The Bertz CT molecular complexity index is 476. The molecule has 0 heterocycles. The van der Waals surface area contributed by atoms with Crippen molar-refractivity contribution >= 4 is 5.69 Å². The lowest BCUT2D eigenvalue weighted by Gasteiger charge is -2.36. The predicted molar refractivity (Wildman–Crippen MR) is 82.8 cm³/mol. The highest BCUT2D eigenvalue weighted by molar-refractivity contribution is 5.41. The molecule has 4 nitrogen and oxygen atoms in total. The van der Waals surface area contributed by atoms with Gasteiger partial charge in [0, 0.05) is 23.2 Å². The molecule has 20 heavy (non-hydrogen) atoms. The molecule has 1 atom stereocenters. The minimum atomic E-state index is -0.315. The molecule has 0 saturated heterocycles. The Kier molecular flexibility index (Phi) is 4.92. The maximum atomic E-state index is 11.1. The third-order valence-corrected chi connectivity index (χ3v) is 3.18. The first-order valence-electron chi connectivity index (χ1n) is 7.03. The quantitative estimate of drug-likeness (QED) is 0.639. The Morgan fingerprint density at radius 3 is 2.25 bits per heavy atom. The van der Waals surface area contributed by atoms with Gasteiger partial charge in [0.25, 0.3) is 5.69 Å². The number of nitrogens with one attached hydrogen (secondary N) is 1. The Morgan fingerprint density at radius 1 is 1.20 bits per heavy atom. The number of benzene rings is 1. The van der Waals surface area contributed by atoms with Crippen LogP contribution >= 0.6 is 0 Å². The van der Waals surface area contributed by atoms with Crippen LogP contribution < -0.4 is 5.32 Å². The van der Waals surface area contributed by atoms with E-state index in [1.165, 1.54) is 0 Å². The lowest BCUT2D eigenvalue weighted by molar-refractivity contribution is -0.385. The molecule has 1 aromatic carbocycles. The lowest BCUT2D eigenvalue weighted by Crippen LogP contribution is -2.43. The molecule has 1 aromatic rings. The maximum Gasteiger partial charge on any atom is 0.274 e. The highest BCUT2D eigenvalue weighted by atomic mass is 16.6. The normalized spacial score (nSPS) is 14.1. The molecule has 0 aromatic heterocycles. The van der Waals surface area contributed by atoms with Gasteiger partial charge in [-0.25, -0.2) is 0 Å². The molecule has 0 amide bonds. The minimum Gasteiger partial charge on any atom is -0.305 e. The second kappa shape index (κ2) is 5.92. The fraction of sp³-hybridized carbons (Fsp3) is 0.625. The van der Waals surface area contributed by atoms with E-state index in [1.54, 1.807) is 12.1 Å². The van der Waals surface area contributed by atoms with E-state index in [1.807, 2.05) is 19.1 Å². The highest BCUT2D eigenvalue weighted by Gasteiger charge is 2.28. The Hall–Kier alpha value is -1.42. The first-order chi connectivity index (χ1) is 9.02. The average Bonchev–Trinajstić information content (AvgIpc) is 2.24. The van der Waals surface area contributed by atoms with E-state index in [4.69, 9.17) is 0 Å². The summed E-state index contributed by atoms with van der Waals surface area (Å²) in [5, 5.41) is 14.6. The smallest absolute Gasteiger partial charge is 0.274 e. The molecule has 0 bridgehead atoms. The van der Waals surface area contributed by atoms with E-state index in [0.29, 0.717) is 0 Å². The predicted octanol–water partition coefficient (Wildman–Crippen LogP) is 4.46. The van der Waals surface area contributed by atoms with Crippen LogP contribution in [0.1, 0.15) is 59.6 Å². The molecule has 0 aliphatic heterocycles. The maximum absolute atomic E-state index is 11.1. The van der Waals surface area contributed by atoms with Crippen molar-refractivity contribution in [3.05, 3.63) is 39.9 Å². The van der Waals surface area contributed by atoms with Crippen molar-refractivity contribution in [3.8, 4) is 0 Å². The van der Waals surface area contributed by atoms with Crippen LogP contribution in [0.3, 0.4) is 0 Å². The molecule has 1 rings (SSSR count). The van der Waals surface area contributed by atoms with E-state index < -0.39 is 0 Å².